The molecular formula is C15H16N2O2. The van der Waals surface area contributed by atoms with Crippen molar-refractivity contribution in [1.82, 2.24) is 10.2 Å². The first kappa shape index (κ1) is 12.1. The SMILES string of the molecule is CC(=C1CNC1)C(C)N1C(=O)c2ccccc2C1=O. The van der Waals surface area contributed by atoms with Crippen molar-refractivity contribution in [3.63, 3.8) is 0 Å². The van der Waals surface area contributed by atoms with Crippen LogP contribution in [0, 0.1) is 0 Å². The molecule has 0 radical (unpaired) electrons. The van der Waals surface area contributed by atoms with Crippen molar-refractivity contribution in [2.75, 3.05) is 13.1 Å². The van der Waals surface area contributed by atoms with E-state index < -0.39 is 0 Å². The van der Waals surface area contributed by atoms with Crippen LogP contribution in [-0.2, 0) is 0 Å². The summed E-state index contributed by atoms with van der Waals surface area (Å²) in [5.74, 6) is -0.360. The maximum Gasteiger partial charge on any atom is 0.262 e. The number of carbonyl (C=O) groups is 2. The van der Waals surface area contributed by atoms with E-state index in [0.717, 1.165) is 18.7 Å². The van der Waals surface area contributed by atoms with E-state index in [4.69, 9.17) is 0 Å². The highest BCUT2D eigenvalue weighted by Crippen LogP contribution is 2.28. The summed E-state index contributed by atoms with van der Waals surface area (Å²) in [5, 5.41) is 3.18. The third-order valence-corrected chi connectivity index (χ3v) is 4.07. The fourth-order valence-electron chi connectivity index (χ4n) is 2.58. The Balaban J connectivity index is 1.96. The quantitative estimate of drug-likeness (QED) is 0.646. The monoisotopic (exact) mass is 256 g/mol. The molecule has 2 aliphatic heterocycles. The van der Waals surface area contributed by atoms with Crippen LogP contribution in [0.15, 0.2) is 35.4 Å². The fraction of sp³-hybridized carbons (Fsp3) is 0.333. The van der Waals surface area contributed by atoms with Crippen molar-refractivity contribution in [3.05, 3.63) is 46.5 Å². The molecule has 0 bridgehead atoms. The Hall–Kier alpha value is -1.94. The van der Waals surface area contributed by atoms with Gasteiger partial charge in [0.15, 0.2) is 0 Å². The van der Waals surface area contributed by atoms with Crippen molar-refractivity contribution in [3.8, 4) is 0 Å². The first-order chi connectivity index (χ1) is 9.11. The maximum atomic E-state index is 12.3. The maximum absolute atomic E-state index is 12.3. The zero-order valence-electron chi connectivity index (χ0n) is 11.1. The average molecular weight is 256 g/mol. The molecule has 0 spiro atoms. The predicted molar refractivity (Wildman–Crippen MR) is 72.0 cm³/mol. The van der Waals surface area contributed by atoms with E-state index in [1.165, 1.54) is 10.5 Å². The molecule has 98 valence electrons. The lowest BCUT2D eigenvalue weighted by molar-refractivity contribution is 0.0617. The zero-order chi connectivity index (χ0) is 13.6. The average Bonchev–Trinajstić information content (AvgIpc) is 2.60. The molecule has 1 saturated heterocycles. The van der Waals surface area contributed by atoms with E-state index in [9.17, 15) is 9.59 Å². The number of benzene rings is 1. The Labute approximate surface area is 112 Å². The predicted octanol–water partition coefficient (Wildman–Crippen LogP) is 1.59. The summed E-state index contributed by atoms with van der Waals surface area (Å²) in [6.07, 6.45) is 0. The van der Waals surface area contributed by atoms with E-state index >= 15 is 0 Å². The molecule has 1 fully saturated rings. The summed E-state index contributed by atoms with van der Waals surface area (Å²) in [5.41, 5.74) is 3.45. The summed E-state index contributed by atoms with van der Waals surface area (Å²) in [6.45, 7) is 5.64. The molecule has 0 aliphatic carbocycles. The molecule has 1 N–H and O–H groups in total. The van der Waals surface area contributed by atoms with Crippen LogP contribution in [0.2, 0.25) is 0 Å². The first-order valence-corrected chi connectivity index (χ1v) is 6.47. The van der Waals surface area contributed by atoms with Gasteiger partial charge in [0.05, 0.1) is 17.2 Å². The lowest BCUT2D eigenvalue weighted by Gasteiger charge is -2.29. The second-order valence-electron chi connectivity index (χ2n) is 5.09. The van der Waals surface area contributed by atoms with Crippen LogP contribution in [-0.4, -0.2) is 35.8 Å². The summed E-state index contributed by atoms with van der Waals surface area (Å²) in [4.78, 5) is 26.1. The lowest BCUT2D eigenvalue weighted by Crippen LogP contribution is -2.42. The van der Waals surface area contributed by atoms with Crippen LogP contribution < -0.4 is 5.32 Å². The smallest absolute Gasteiger partial charge is 0.262 e. The molecule has 1 aromatic rings. The fourth-order valence-corrected chi connectivity index (χ4v) is 2.58. The Morgan fingerprint density at radius 1 is 1.16 bits per heavy atom. The summed E-state index contributed by atoms with van der Waals surface area (Å²) < 4.78 is 0. The largest absolute Gasteiger partial charge is 0.309 e. The molecule has 3 rings (SSSR count). The van der Waals surface area contributed by atoms with Gasteiger partial charge in [0.1, 0.15) is 0 Å². The minimum atomic E-state index is -0.180. The van der Waals surface area contributed by atoms with Crippen molar-refractivity contribution in [1.29, 1.82) is 0 Å². The Bertz CT molecular complexity index is 563. The number of nitrogens with zero attached hydrogens (tertiary/aromatic N) is 1. The van der Waals surface area contributed by atoms with Gasteiger partial charge in [-0.05, 0) is 37.1 Å². The number of hydrogen-bond donors (Lipinski definition) is 1. The van der Waals surface area contributed by atoms with Gasteiger partial charge in [-0.15, -0.1) is 0 Å². The van der Waals surface area contributed by atoms with Gasteiger partial charge in [-0.1, -0.05) is 12.1 Å². The molecule has 0 aromatic heterocycles. The van der Waals surface area contributed by atoms with Crippen LogP contribution in [0.4, 0.5) is 0 Å². The lowest BCUT2D eigenvalue weighted by atomic mass is 9.98. The number of imide groups is 1. The number of hydrogen-bond acceptors (Lipinski definition) is 3. The topological polar surface area (TPSA) is 49.4 Å². The number of carbonyl (C=O) groups excluding carboxylic acids is 2. The second kappa shape index (κ2) is 4.31. The van der Waals surface area contributed by atoms with Gasteiger partial charge >= 0.3 is 0 Å². The molecule has 2 amide bonds. The third-order valence-electron chi connectivity index (χ3n) is 4.07. The standard InChI is InChI=1S/C15H16N2O2/c1-9(11-7-16-8-11)10(2)17-14(18)12-5-3-4-6-13(12)15(17)19/h3-6,10,16H,7-8H2,1-2H3. The number of fused-ring (bicyclic) bond motifs is 1. The minimum Gasteiger partial charge on any atom is -0.309 e. The zero-order valence-corrected chi connectivity index (χ0v) is 11.1. The van der Waals surface area contributed by atoms with Gasteiger partial charge in [0.2, 0.25) is 0 Å². The van der Waals surface area contributed by atoms with Crippen molar-refractivity contribution in [2.24, 2.45) is 0 Å². The molecule has 2 aliphatic rings. The van der Waals surface area contributed by atoms with Crippen molar-refractivity contribution >= 4 is 11.8 Å². The Kier molecular flexibility index (Phi) is 2.75. The van der Waals surface area contributed by atoms with E-state index in [1.807, 2.05) is 13.8 Å². The van der Waals surface area contributed by atoms with Gasteiger partial charge in [0, 0.05) is 13.1 Å². The number of amides is 2. The number of nitrogens with one attached hydrogen (secondary N) is 1. The van der Waals surface area contributed by atoms with Crippen LogP contribution in [0.3, 0.4) is 0 Å². The Morgan fingerprint density at radius 2 is 1.68 bits per heavy atom. The van der Waals surface area contributed by atoms with Gasteiger partial charge in [-0.2, -0.15) is 0 Å². The highest BCUT2D eigenvalue weighted by Gasteiger charge is 2.39. The minimum absolute atomic E-state index is 0.176. The van der Waals surface area contributed by atoms with Crippen LogP contribution in [0.25, 0.3) is 0 Å². The molecule has 19 heavy (non-hydrogen) atoms. The molecule has 1 aromatic carbocycles. The van der Waals surface area contributed by atoms with Crippen molar-refractivity contribution < 1.29 is 9.59 Å². The van der Waals surface area contributed by atoms with E-state index in [0.29, 0.717) is 11.1 Å². The molecule has 4 nitrogen and oxygen atoms in total. The van der Waals surface area contributed by atoms with E-state index in [-0.39, 0.29) is 17.9 Å². The van der Waals surface area contributed by atoms with Crippen molar-refractivity contribution in [2.45, 2.75) is 19.9 Å². The molecule has 1 unspecified atom stereocenters. The Morgan fingerprint density at radius 3 is 2.11 bits per heavy atom. The molecule has 1 atom stereocenters. The van der Waals surface area contributed by atoms with Gasteiger partial charge in [-0.3, -0.25) is 14.5 Å². The van der Waals surface area contributed by atoms with E-state index in [2.05, 4.69) is 5.32 Å². The number of rotatable bonds is 2. The highest BCUT2D eigenvalue weighted by atomic mass is 16.2. The van der Waals surface area contributed by atoms with Crippen LogP contribution in [0.5, 0.6) is 0 Å². The summed E-state index contributed by atoms with van der Waals surface area (Å²) in [6, 6.07) is 6.84. The highest BCUT2D eigenvalue weighted by molar-refractivity contribution is 6.21. The second-order valence-corrected chi connectivity index (χ2v) is 5.09. The first-order valence-electron chi connectivity index (χ1n) is 6.47. The molecule has 0 saturated carbocycles. The molecule has 4 heteroatoms. The van der Waals surface area contributed by atoms with E-state index in [1.54, 1.807) is 24.3 Å². The van der Waals surface area contributed by atoms with Gasteiger partial charge in [0.25, 0.3) is 11.8 Å². The molecule has 2 heterocycles. The summed E-state index contributed by atoms with van der Waals surface area (Å²) >= 11 is 0. The van der Waals surface area contributed by atoms with Gasteiger partial charge < -0.3 is 5.32 Å². The molecular weight excluding hydrogens is 240 g/mol. The summed E-state index contributed by atoms with van der Waals surface area (Å²) in [7, 11) is 0. The third kappa shape index (κ3) is 1.71. The normalized spacial score (nSPS) is 19.3. The van der Waals surface area contributed by atoms with Crippen LogP contribution >= 0.6 is 0 Å². The van der Waals surface area contributed by atoms with Crippen LogP contribution in [0.1, 0.15) is 34.6 Å². The van der Waals surface area contributed by atoms with Gasteiger partial charge in [-0.25, -0.2) is 0 Å².